The number of carbonyl (C=O) groups is 2. The molecule has 1 aliphatic carbocycles. The standard InChI is InChI=1S/C16H20BrNO4/c17-14-8-6-13(22-14)7-9-16(20)21-11-15(19)18-10-12-4-2-1-3-5-12/h6-9,12H,1-5,10-11H2,(H,18,19). The van der Waals surface area contributed by atoms with Gasteiger partial charge in [0, 0.05) is 12.6 Å². The minimum absolute atomic E-state index is 0.252. The van der Waals surface area contributed by atoms with Crippen LogP contribution in [0.5, 0.6) is 0 Å². The highest BCUT2D eigenvalue weighted by molar-refractivity contribution is 9.10. The third-order valence-electron chi connectivity index (χ3n) is 3.64. The zero-order valence-electron chi connectivity index (χ0n) is 12.3. The molecule has 5 nitrogen and oxygen atoms in total. The number of hydrogen-bond donors (Lipinski definition) is 1. The molecule has 6 heteroatoms. The van der Waals surface area contributed by atoms with E-state index in [0.717, 1.165) is 0 Å². The summed E-state index contributed by atoms with van der Waals surface area (Å²) in [7, 11) is 0. The van der Waals surface area contributed by atoms with Crippen LogP contribution in [0.2, 0.25) is 0 Å². The molecular weight excluding hydrogens is 350 g/mol. The minimum atomic E-state index is -0.569. The number of carbonyl (C=O) groups excluding carboxylic acids is 2. The zero-order valence-corrected chi connectivity index (χ0v) is 13.9. The predicted octanol–water partition coefficient (Wildman–Crippen LogP) is 3.30. The molecule has 1 aliphatic rings. The highest BCUT2D eigenvalue weighted by Gasteiger charge is 2.14. The Kier molecular flexibility index (Phi) is 6.71. The first kappa shape index (κ1) is 16.8. The van der Waals surface area contributed by atoms with E-state index in [0.29, 0.717) is 22.9 Å². The molecule has 120 valence electrons. The third kappa shape index (κ3) is 6.05. The smallest absolute Gasteiger partial charge is 0.331 e. The van der Waals surface area contributed by atoms with Crippen molar-refractivity contribution >= 4 is 33.9 Å². The maximum Gasteiger partial charge on any atom is 0.331 e. The van der Waals surface area contributed by atoms with E-state index in [1.165, 1.54) is 44.3 Å². The summed E-state index contributed by atoms with van der Waals surface area (Å²) in [6.07, 6.45) is 8.84. The van der Waals surface area contributed by atoms with Gasteiger partial charge in [-0.25, -0.2) is 4.79 Å². The Labute approximate surface area is 138 Å². The Morgan fingerprint density at radius 2 is 2.09 bits per heavy atom. The van der Waals surface area contributed by atoms with E-state index in [1.807, 2.05) is 0 Å². The van der Waals surface area contributed by atoms with Crippen molar-refractivity contribution in [3.05, 3.63) is 28.6 Å². The molecule has 22 heavy (non-hydrogen) atoms. The molecule has 0 unspecified atom stereocenters. The van der Waals surface area contributed by atoms with Crippen molar-refractivity contribution in [3.8, 4) is 0 Å². The lowest BCUT2D eigenvalue weighted by Crippen LogP contribution is -2.33. The molecule has 1 aromatic heterocycles. The van der Waals surface area contributed by atoms with Crippen LogP contribution in [0.3, 0.4) is 0 Å². The summed E-state index contributed by atoms with van der Waals surface area (Å²) >= 11 is 3.17. The van der Waals surface area contributed by atoms with Crippen LogP contribution < -0.4 is 5.32 Å². The van der Waals surface area contributed by atoms with E-state index in [9.17, 15) is 9.59 Å². The lowest BCUT2D eigenvalue weighted by molar-refractivity contribution is -0.143. The Hall–Kier alpha value is -1.56. The van der Waals surface area contributed by atoms with Crippen molar-refractivity contribution in [3.63, 3.8) is 0 Å². The summed E-state index contributed by atoms with van der Waals surface area (Å²) in [6, 6.07) is 3.44. The van der Waals surface area contributed by atoms with E-state index in [1.54, 1.807) is 12.1 Å². The first-order valence-electron chi connectivity index (χ1n) is 7.50. The van der Waals surface area contributed by atoms with Crippen LogP contribution in [-0.2, 0) is 14.3 Å². The molecule has 1 amide bonds. The minimum Gasteiger partial charge on any atom is -0.452 e. The van der Waals surface area contributed by atoms with Crippen LogP contribution in [0.15, 0.2) is 27.3 Å². The summed E-state index contributed by atoms with van der Waals surface area (Å²) in [5.74, 6) is 0.268. The number of amides is 1. The second-order valence-corrected chi connectivity index (χ2v) is 6.17. The van der Waals surface area contributed by atoms with E-state index in [2.05, 4.69) is 21.2 Å². The van der Waals surface area contributed by atoms with Crippen molar-refractivity contribution in [2.24, 2.45) is 5.92 Å². The van der Waals surface area contributed by atoms with E-state index in [4.69, 9.17) is 9.15 Å². The first-order valence-corrected chi connectivity index (χ1v) is 8.29. The van der Waals surface area contributed by atoms with Gasteiger partial charge < -0.3 is 14.5 Å². The maximum atomic E-state index is 11.6. The third-order valence-corrected chi connectivity index (χ3v) is 4.06. The molecular formula is C16H20BrNO4. The Morgan fingerprint density at radius 1 is 1.32 bits per heavy atom. The molecule has 1 saturated carbocycles. The quantitative estimate of drug-likeness (QED) is 0.616. The largest absolute Gasteiger partial charge is 0.452 e. The van der Waals surface area contributed by atoms with Gasteiger partial charge in [-0.05, 0) is 52.9 Å². The van der Waals surface area contributed by atoms with Gasteiger partial charge in [-0.2, -0.15) is 0 Å². The van der Waals surface area contributed by atoms with Crippen molar-refractivity contribution in [2.45, 2.75) is 32.1 Å². The Balaban J connectivity index is 1.62. The number of furan rings is 1. The van der Waals surface area contributed by atoms with Crippen LogP contribution >= 0.6 is 15.9 Å². The molecule has 1 aromatic rings. The van der Waals surface area contributed by atoms with Gasteiger partial charge in [0.15, 0.2) is 11.3 Å². The highest BCUT2D eigenvalue weighted by atomic mass is 79.9. The molecule has 1 fully saturated rings. The topological polar surface area (TPSA) is 68.5 Å². The van der Waals surface area contributed by atoms with Crippen molar-refractivity contribution < 1.29 is 18.7 Å². The van der Waals surface area contributed by atoms with Crippen LogP contribution in [0.1, 0.15) is 37.9 Å². The second-order valence-electron chi connectivity index (χ2n) is 5.39. The second kappa shape index (κ2) is 8.78. The average Bonchev–Trinajstić information content (AvgIpc) is 2.95. The average molecular weight is 370 g/mol. The monoisotopic (exact) mass is 369 g/mol. The van der Waals surface area contributed by atoms with Gasteiger partial charge in [-0.15, -0.1) is 0 Å². The van der Waals surface area contributed by atoms with Gasteiger partial charge >= 0.3 is 5.97 Å². The number of nitrogens with one attached hydrogen (secondary N) is 1. The van der Waals surface area contributed by atoms with E-state index in [-0.39, 0.29) is 12.5 Å². The number of halogens is 1. The van der Waals surface area contributed by atoms with Crippen LogP contribution in [0.4, 0.5) is 0 Å². The molecule has 1 N–H and O–H groups in total. The molecule has 0 bridgehead atoms. The van der Waals surface area contributed by atoms with Gasteiger partial charge in [0.1, 0.15) is 5.76 Å². The van der Waals surface area contributed by atoms with Crippen molar-refractivity contribution in [1.82, 2.24) is 5.32 Å². The summed E-state index contributed by atoms with van der Waals surface area (Å²) in [6.45, 7) is 0.421. The number of rotatable bonds is 6. The summed E-state index contributed by atoms with van der Waals surface area (Å²) in [5, 5.41) is 2.82. The van der Waals surface area contributed by atoms with Crippen LogP contribution in [-0.4, -0.2) is 25.0 Å². The van der Waals surface area contributed by atoms with Gasteiger partial charge in [-0.3, -0.25) is 4.79 Å². The Morgan fingerprint density at radius 3 is 2.77 bits per heavy atom. The zero-order chi connectivity index (χ0) is 15.8. The molecule has 0 atom stereocenters. The highest BCUT2D eigenvalue weighted by Crippen LogP contribution is 2.22. The van der Waals surface area contributed by atoms with Crippen LogP contribution in [0, 0.1) is 5.92 Å². The number of esters is 1. The van der Waals surface area contributed by atoms with E-state index < -0.39 is 5.97 Å². The lowest BCUT2D eigenvalue weighted by Gasteiger charge is -2.21. The fraction of sp³-hybridized carbons (Fsp3) is 0.500. The number of hydrogen-bond acceptors (Lipinski definition) is 4. The summed E-state index contributed by atoms with van der Waals surface area (Å²) in [5.41, 5.74) is 0. The fourth-order valence-corrected chi connectivity index (χ4v) is 2.77. The van der Waals surface area contributed by atoms with E-state index >= 15 is 0 Å². The van der Waals surface area contributed by atoms with Gasteiger partial charge in [0.05, 0.1) is 0 Å². The fourth-order valence-electron chi connectivity index (χ4n) is 2.45. The molecule has 1 heterocycles. The molecule has 0 aliphatic heterocycles. The maximum absolute atomic E-state index is 11.6. The molecule has 0 saturated heterocycles. The summed E-state index contributed by atoms with van der Waals surface area (Å²) < 4.78 is 10.7. The molecule has 2 rings (SSSR count). The van der Waals surface area contributed by atoms with Gasteiger partial charge in [0.2, 0.25) is 0 Å². The first-order chi connectivity index (χ1) is 10.6. The number of ether oxygens (including phenoxy) is 1. The lowest BCUT2D eigenvalue weighted by atomic mass is 9.89. The van der Waals surface area contributed by atoms with Gasteiger partial charge in [-0.1, -0.05) is 19.3 Å². The molecule has 0 aromatic carbocycles. The van der Waals surface area contributed by atoms with Crippen molar-refractivity contribution in [2.75, 3.05) is 13.2 Å². The predicted molar refractivity (Wildman–Crippen MR) is 86.0 cm³/mol. The molecule has 0 spiro atoms. The SMILES string of the molecule is O=C(COC(=O)C=Cc1ccc(Br)o1)NCC1CCCCC1. The van der Waals surface area contributed by atoms with Crippen LogP contribution in [0.25, 0.3) is 6.08 Å². The summed E-state index contributed by atoms with van der Waals surface area (Å²) in [4.78, 5) is 23.1. The normalized spacial score (nSPS) is 15.9. The van der Waals surface area contributed by atoms with Crippen molar-refractivity contribution in [1.29, 1.82) is 0 Å². The van der Waals surface area contributed by atoms with Gasteiger partial charge in [0.25, 0.3) is 5.91 Å². The Bertz CT molecular complexity index is 532. The molecule has 0 radical (unpaired) electrons.